The second kappa shape index (κ2) is 7.29. The van der Waals surface area contributed by atoms with Gasteiger partial charge in [0.15, 0.2) is 6.61 Å². The van der Waals surface area contributed by atoms with E-state index in [1.54, 1.807) is 24.3 Å². The van der Waals surface area contributed by atoms with Crippen molar-refractivity contribution >= 4 is 11.9 Å². The van der Waals surface area contributed by atoms with Gasteiger partial charge in [0.25, 0.3) is 5.91 Å². The lowest BCUT2D eigenvalue weighted by atomic mass is 10.1. The Hall–Kier alpha value is -2.04. The molecule has 0 atom stereocenters. The van der Waals surface area contributed by atoms with Crippen molar-refractivity contribution in [3.05, 3.63) is 29.8 Å². The zero-order valence-corrected chi connectivity index (χ0v) is 13.1. The van der Waals surface area contributed by atoms with Crippen LogP contribution in [0.25, 0.3) is 0 Å². The lowest BCUT2D eigenvalue weighted by molar-refractivity contribution is -0.139. The molecule has 0 radical (unpaired) electrons. The highest BCUT2D eigenvalue weighted by molar-refractivity contribution is 5.95. The van der Waals surface area contributed by atoms with Gasteiger partial charge in [-0.1, -0.05) is 19.9 Å². The molecular formula is C17H23NO4. The monoisotopic (exact) mass is 305 g/mol. The number of carboxylic acid groups (broad SMARTS) is 1. The molecule has 0 unspecified atom stereocenters. The van der Waals surface area contributed by atoms with Crippen LogP contribution in [-0.2, 0) is 4.79 Å². The Morgan fingerprint density at radius 2 is 2.09 bits per heavy atom. The number of ether oxygens (including phenoxy) is 1. The van der Waals surface area contributed by atoms with Crippen LogP contribution in [0.4, 0.5) is 0 Å². The smallest absolute Gasteiger partial charge is 0.341 e. The molecule has 0 aliphatic heterocycles. The van der Waals surface area contributed by atoms with Gasteiger partial charge in [0.05, 0.1) is 0 Å². The van der Waals surface area contributed by atoms with Gasteiger partial charge in [0.1, 0.15) is 5.75 Å². The Morgan fingerprint density at radius 3 is 2.68 bits per heavy atom. The van der Waals surface area contributed by atoms with Gasteiger partial charge in [-0.05, 0) is 43.4 Å². The first-order chi connectivity index (χ1) is 10.5. The highest BCUT2D eigenvalue weighted by atomic mass is 16.5. The molecule has 1 aromatic rings. The van der Waals surface area contributed by atoms with Gasteiger partial charge >= 0.3 is 5.97 Å². The molecule has 120 valence electrons. The van der Waals surface area contributed by atoms with Crippen LogP contribution >= 0.6 is 0 Å². The molecule has 0 heterocycles. The average Bonchev–Trinajstić information content (AvgIpc) is 3.30. The summed E-state index contributed by atoms with van der Waals surface area (Å²) in [5.74, 6) is -0.0654. The average molecular weight is 305 g/mol. The molecule has 2 rings (SSSR count). The van der Waals surface area contributed by atoms with Gasteiger partial charge in [-0.25, -0.2) is 4.79 Å². The van der Waals surface area contributed by atoms with Gasteiger partial charge in [0.2, 0.25) is 0 Å². The lowest BCUT2D eigenvalue weighted by Crippen LogP contribution is -2.34. The van der Waals surface area contributed by atoms with Crippen LogP contribution in [-0.4, -0.2) is 41.1 Å². The summed E-state index contributed by atoms with van der Waals surface area (Å²) in [6.07, 6.45) is 3.12. The third-order valence-electron chi connectivity index (χ3n) is 3.64. The predicted octanol–water partition coefficient (Wildman–Crippen LogP) is 2.80. The topological polar surface area (TPSA) is 66.8 Å². The van der Waals surface area contributed by atoms with E-state index in [2.05, 4.69) is 13.8 Å². The number of benzene rings is 1. The van der Waals surface area contributed by atoms with E-state index in [4.69, 9.17) is 9.84 Å². The van der Waals surface area contributed by atoms with Gasteiger partial charge in [0, 0.05) is 18.2 Å². The first-order valence-electron chi connectivity index (χ1n) is 7.73. The molecule has 22 heavy (non-hydrogen) atoms. The summed E-state index contributed by atoms with van der Waals surface area (Å²) in [6, 6.07) is 7.11. The zero-order chi connectivity index (χ0) is 16.1. The maximum atomic E-state index is 12.7. The molecule has 1 aliphatic carbocycles. The van der Waals surface area contributed by atoms with Crippen LogP contribution < -0.4 is 4.74 Å². The normalized spacial score (nSPS) is 14.0. The van der Waals surface area contributed by atoms with Gasteiger partial charge in [-0.3, -0.25) is 4.79 Å². The number of aliphatic carboxylic acids is 1. The minimum absolute atomic E-state index is 0.00363. The molecule has 1 fully saturated rings. The summed E-state index contributed by atoms with van der Waals surface area (Å²) in [6.45, 7) is 4.66. The number of nitrogens with zero attached hydrogens (tertiary/aromatic N) is 1. The number of carbonyl (C=O) groups is 2. The minimum atomic E-state index is -1.03. The van der Waals surface area contributed by atoms with Crippen molar-refractivity contribution in [1.82, 2.24) is 4.90 Å². The van der Waals surface area contributed by atoms with Crippen molar-refractivity contribution in [3.63, 3.8) is 0 Å². The Kier molecular flexibility index (Phi) is 5.41. The van der Waals surface area contributed by atoms with Crippen LogP contribution in [0.5, 0.6) is 5.75 Å². The molecule has 1 amide bonds. The number of rotatable bonds is 8. The highest BCUT2D eigenvalue weighted by Crippen LogP contribution is 2.29. The van der Waals surface area contributed by atoms with Crippen molar-refractivity contribution in [2.45, 2.75) is 39.2 Å². The molecule has 1 aliphatic rings. The number of hydrogen-bond acceptors (Lipinski definition) is 3. The van der Waals surface area contributed by atoms with Crippen LogP contribution in [0, 0.1) is 5.92 Å². The quantitative estimate of drug-likeness (QED) is 0.802. The van der Waals surface area contributed by atoms with Crippen molar-refractivity contribution < 1.29 is 19.4 Å². The Bertz CT molecular complexity index is 537. The Labute approximate surface area is 130 Å². The fourth-order valence-corrected chi connectivity index (χ4v) is 2.26. The van der Waals surface area contributed by atoms with Gasteiger partial charge in [-0.15, -0.1) is 0 Å². The minimum Gasteiger partial charge on any atom is -0.482 e. The van der Waals surface area contributed by atoms with Crippen molar-refractivity contribution in [2.24, 2.45) is 5.92 Å². The van der Waals surface area contributed by atoms with Crippen molar-refractivity contribution in [2.75, 3.05) is 13.2 Å². The maximum Gasteiger partial charge on any atom is 0.341 e. The summed E-state index contributed by atoms with van der Waals surface area (Å²) in [4.78, 5) is 25.2. The lowest BCUT2D eigenvalue weighted by Gasteiger charge is -2.23. The number of amides is 1. The number of carboxylic acids is 1. The van der Waals surface area contributed by atoms with E-state index < -0.39 is 12.6 Å². The van der Waals surface area contributed by atoms with Crippen molar-refractivity contribution in [3.8, 4) is 5.75 Å². The van der Waals surface area contributed by atoms with Crippen LogP contribution in [0.3, 0.4) is 0 Å². The van der Waals surface area contributed by atoms with Gasteiger partial charge < -0.3 is 14.7 Å². The molecule has 0 spiro atoms. The summed E-state index contributed by atoms with van der Waals surface area (Å²) in [5, 5.41) is 8.64. The second-order valence-corrected chi connectivity index (χ2v) is 6.12. The van der Waals surface area contributed by atoms with Gasteiger partial charge in [-0.2, -0.15) is 0 Å². The van der Waals surface area contributed by atoms with E-state index in [0.29, 0.717) is 23.3 Å². The molecular weight excluding hydrogens is 282 g/mol. The van der Waals surface area contributed by atoms with E-state index in [9.17, 15) is 9.59 Å². The third-order valence-corrected chi connectivity index (χ3v) is 3.64. The second-order valence-electron chi connectivity index (χ2n) is 6.12. The molecule has 0 aromatic heterocycles. The van der Waals surface area contributed by atoms with Crippen LogP contribution in [0.2, 0.25) is 0 Å². The highest BCUT2D eigenvalue weighted by Gasteiger charge is 2.32. The summed E-state index contributed by atoms with van der Waals surface area (Å²) < 4.78 is 5.14. The largest absolute Gasteiger partial charge is 0.482 e. The van der Waals surface area contributed by atoms with Crippen LogP contribution in [0.1, 0.15) is 43.5 Å². The molecule has 5 heteroatoms. The Morgan fingerprint density at radius 1 is 1.36 bits per heavy atom. The van der Waals surface area contributed by atoms with E-state index in [1.807, 2.05) is 4.90 Å². The van der Waals surface area contributed by atoms with Crippen LogP contribution in [0.15, 0.2) is 24.3 Å². The number of carbonyl (C=O) groups excluding carboxylic acids is 1. The fourth-order valence-electron chi connectivity index (χ4n) is 2.26. The maximum absolute atomic E-state index is 12.7. The van der Waals surface area contributed by atoms with E-state index >= 15 is 0 Å². The zero-order valence-electron chi connectivity index (χ0n) is 13.1. The standard InChI is InChI=1S/C17H23NO4/c1-12(2)8-9-18(14-6-7-14)17(21)13-4-3-5-15(10-13)22-11-16(19)20/h3-5,10,12,14H,6-9,11H2,1-2H3,(H,19,20). The molecule has 1 aromatic carbocycles. The predicted molar refractivity (Wildman–Crippen MR) is 83.1 cm³/mol. The fraction of sp³-hybridized carbons (Fsp3) is 0.529. The van der Waals surface area contributed by atoms with E-state index in [0.717, 1.165) is 25.8 Å². The molecule has 1 N–H and O–H groups in total. The SMILES string of the molecule is CC(C)CCN(C(=O)c1cccc(OCC(=O)O)c1)C1CC1. The van der Waals surface area contributed by atoms with E-state index in [1.165, 1.54) is 0 Å². The first kappa shape index (κ1) is 16.3. The molecule has 0 saturated heterocycles. The van der Waals surface area contributed by atoms with Crippen molar-refractivity contribution in [1.29, 1.82) is 0 Å². The summed E-state index contributed by atoms with van der Waals surface area (Å²) >= 11 is 0. The molecule has 1 saturated carbocycles. The van der Waals surface area contributed by atoms with E-state index in [-0.39, 0.29) is 5.91 Å². The molecule has 0 bridgehead atoms. The first-order valence-corrected chi connectivity index (χ1v) is 7.73. The molecule has 5 nitrogen and oxygen atoms in total. The summed E-state index contributed by atoms with van der Waals surface area (Å²) in [5.41, 5.74) is 0.554. The Balaban J connectivity index is 2.05. The number of hydrogen-bond donors (Lipinski definition) is 1. The summed E-state index contributed by atoms with van der Waals surface area (Å²) in [7, 11) is 0. The third kappa shape index (κ3) is 4.76.